The lowest BCUT2D eigenvalue weighted by Crippen LogP contribution is -2.53. The second kappa shape index (κ2) is 6.61. The average Bonchev–Trinajstić information content (AvgIpc) is 2.91. The summed E-state index contributed by atoms with van der Waals surface area (Å²) in [7, 11) is 0. The molecule has 2 aromatic rings. The van der Waals surface area contributed by atoms with Gasteiger partial charge >= 0.3 is 6.18 Å². The highest BCUT2D eigenvalue weighted by molar-refractivity contribution is 6.01. The fourth-order valence-electron chi connectivity index (χ4n) is 3.47. The summed E-state index contributed by atoms with van der Waals surface area (Å²) >= 11 is 0. The Balaban J connectivity index is 1.58. The average molecular weight is 377 g/mol. The third kappa shape index (κ3) is 3.54. The van der Waals surface area contributed by atoms with E-state index >= 15 is 0 Å². The highest BCUT2D eigenvalue weighted by Gasteiger charge is 2.32. The molecule has 2 aliphatic heterocycles. The van der Waals surface area contributed by atoms with Crippen LogP contribution in [0.15, 0.2) is 36.5 Å². The summed E-state index contributed by atoms with van der Waals surface area (Å²) in [5.74, 6) is -0.0697. The van der Waals surface area contributed by atoms with Gasteiger partial charge in [0.25, 0.3) is 0 Å². The molecule has 8 heteroatoms. The number of carbonyl (C=O) groups is 1. The number of β-amino-alcohol motifs (C(OH)–C–C–N with tert-alkyl or cyclic N) is 1. The maximum Gasteiger partial charge on any atom is 0.416 e. The van der Waals surface area contributed by atoms with Crippen molar-refractivity contribution in [2.45, 2.75) is 18.7 Å². The largest absolute Gasteiger partial charge is 0.416 e. The number of rotatable bonds is 4. The first-order valence-electron chi connectivity index (χ1n) is 8.68. The first-order valence-corrected chi connectivity index (χ1v) is 8.68. The molecule has 0 radical (unpaired) electrons. The van der Waals surface area contributed by atoms with Crippen molar-refractivity contribution in [3.8, 4) is 11.1 Å². The van der Waals surface area contributed by atoms with E-state index in [1.54, 1.807) is 17.0 Å². The quantitative estimate of drug-likeness (QED) is 0.889. The molecule has 0 spiro atoms. The van der Waals surface area contributed by atoms with Gasteiger partial charge in [0.1, 0.15) is 0 Å². The van der Waals surface area contributed by atoms with E-state index in [9.17, 15) is 23.1 Å². The van der Waals surface area contributed by atoms with Gasteiger partial charge in [0.15, 0.2) is 0 Å². The van der Waals surface area contributed by atoms with E-state index in [4.69, 9.17) is 0 Å². The molecule has 0 unspecified atom stereocenters. The molecule has 2 aliphatic rings. The number of fused-ring (bicyclic) bond motifs is 1. The minimum atomic E-state index is -4.41. The molecule has 1 saturated heterocycles. The van der Waals surface area contributed by atoms with E-state index in [1.807, 2.05) is 4.90 Å². The number of alkyl halides is 3. The van der Waals surface area contributed by atoms with Crippen molar-refractivity contribution in [3.63, 3.8) is 0 Å². The first-order chi connectivity index (χ1) is 12.8. The molecule has 0 atom stereocenters. The third-order valence-corrected chi connectivity index (χ3v) is 4.96. The molecule has 0 aliphatic carbocycles. The summed E-state index contributed by atoms with van der Waals surface area (Å²) < 4.78 is 38.9. The van der Waals surface area contributed by atoms with Crippen LogP contribution < -0.4 is 4.90 Å². The van der Waals surface area contributed by atoms with Crippen molar-refractivity contribution in [1.82, 2.24) is 9.88 Å². The fraction of sp³-hybridized carbons (Fsp3) is 0.368. The number of likely N-dealkylation sites (tertiary alicyclic amines) is 1. The van der Waals surface area contributed by atoms with E-state index in [1.165, 1.54) is 12.3 Å². The molecule has 1 amide bonds. The van der Waals surface area contributed by atoms with Crippen molar-refractivity contribution in [2.75, 3.05) is 31.1 Å². The molecule has 5 nitrogen and oxygen atoms in total. The molecule has 1 aromatic carbocycles. The van der Waals surface area contributed by atoms with Gasteiger partial charge in [0.2, 0.25) is 5.91 Å². The summed E-state index contributed by atoms with van der Waals surface area (Å²) in [5, 5.41) is 9.35. The van der Waals surface area contributed by atoms with Crippen molar-refractivity contribution >= 4 is 11.6 Å². The standard InChI is InChI=1S/C19H18F3N3O2/c20-19(21,22)14-3-1-2-12(6-14)13-7-17-16(23-9-13)8-18(27)25(17)5-4-24-10-15(26)11-24/h1-3,6-7,9,15,26H,4-5,8,10-11H2. The highest BCUT2D eigenvalue weighted by Crippen LogP contribution is 2.35. The Morgan fingerprint density at radius 1 is 1.15 bits per heavy atom. The number of aliphatic hydroxyl groups excluding tert-OH is 1. The topological polar surface area (TPSA) is 56.7 Å². The van der Waals surface area contributed by atoms with Crippen LogP contribution in [0.5, 0.6) is 0 Å². The zero-order chi connectivity index (χ0) is 19.2. The van der Waals surface area contributed by atoms with Crippen LogP contribution in [0.1, 0.15) is 11.3 Å². The number of amides is 1. The molecular weight excluding hydrogens is 359 g/mol. The lowest BCUT2D eigenvalue weighted by molar-refractivity contribution is -0.137. The number of carbonyl (C=O) groups excluding carboxylic acids is 1. The summed E-state index contributed by atoms with van der Waals surface area (Å²) in [6.07, 6.45) is -3.01. The van der Waals surface area contributed by atoms with Gasteiger partial charge in [-0.2, -0.15) is 13.2 Å². The Labute approximate surface area is 154 Å². The smallest absolute Gasteiger partial charge is 0.390 e. The second-order valence-corrected chi connectivity index (χ2v) is 6.90. The SMILES string of the molecule is O=C1Cc2ncc(-c3cccc(C(F)(F)F)c3)cc2N1CCN1CC(O)C1. The lowest BCUT2D eigenvalue weighted by Gasteiger charge is -2.36. The van der Waals surface area contributed by atoms with Gasteiger partial charge in [-0.1, -0.05) is 12.1 Å². The van der Waals surface area contributed by atoms with Crippen molar-refractivity contribution in [2.24, 2.45) is 0 Å². The fourth-order valence-corrected chi connectivity index (χ4v) is 3.47. The number of anilines is 1. The monoisotopic (exact) mass is 377 g/mol. The van der Waals surface area contributed by atoms with Crippen molar-refractivity contribution in [3.05, 3.63) is 47.8 Å². The molecule has 0 bridgehead atoms. The first kappa shape index (κ1) is 17.9. The second-order valence-electron chi connectivity index (χ2n) is 6.90. The van der Waals surface area contributed by atoms with Crippen LogP contribution in [0.25, 0.3) is 11.1 Å². The van der Waals surface area contributed by atoms with Gasteiger partial charge in [0, 0.05) is 37.9 Å². The van der Waals surface area contributed by atoms with Crippen LogP contribution in [-0.2, 0) is 17.4 Å². The number of aliphatic hydroxyl groups is 1. The van der Waals surface area contributed by atoms with Crippen LogP contribution in [-0.4, -0.2) is 53.2 Å². The van der Waals surface area contributed by atoms with Crippen LogP contribution in [0.2, 0.25) is 0 Å². The highest BCUT2D eigenvalue weighted by atomic mass is 19.4. The van der Waals surface area contributed by atoms with E-state index in [-0.39, 0.29) is 18.4 Å². The molecule has 4 rings (SSSR count). The molecule has 27 heavy (non-hydrogen) atoms. The molecular formula is C19H18F3N3O2. The minimum absolute atomic E-state index is 0.0697. The summed E-state index contributed by atoms with van der Waals surface area (Å²) in [6, 6.07) is 6.81. The summed E-state index contributed by atoms with van der Waals surface area (Å²) in [6.45, 7) is 2.29. The Hall–Kier alpha value is -2.45. The Morgan fingerprint density at radius 3 is 2.63 bits per heavy atom. The maximum absolute atomic E-state index is 13.0. The van der Waals surface area contributed by atoms with Crippen LogP contribution >= 0.6 is 0 Å². The molecule has 1 aromatic heterocycles. The van der Waals surface area contributed by atoms with Gasteiger partial charge in [-0.15, -0.1) is 0 Å². The van der Waals surface area contributed by atoms with Crippen LogP contribution in [0.4, 0.5) is 18.9 Å². The number of hydrogen-bond donors (Lipinski definition) is 1. The maximum atomic E-state index is 13.0. The van der Waals surface area contributed by atoms with Gasteiger partial charge in [-0.25, -0.2) is 0 Å². The predicted molar refractivity (Wildman–Crippen MR) is 93.2 cm³/mol. The van der Waals surface area contributed by atoms with Crippen LogP contribution in [0.3, 0.4) is 0 Å². The molecule has 1 fully saturated rings. The number of aromatic nitrogens is 1. The Morgan fingerprint density at radius 2 is 1.93 bits per heavy atom. The van der Waals surface area contributed by atoms with E-state index in [0.29, 0.717) is 48.7 Å². The number of benzene rings is 1. The van der Waals surface area contributed by atoms with E-state index in [0.717, 1.165) is 12.1 Å². The number of hydrogen-bond acceptors (Lipinski definition) is 4. The van der Waals surface area contributed by atoms with Gasteiger partial charge in [0.05, 0.1) is 29.5 Å². The zero-order valence-electron chi connectivity index (χ0n) is 14.4. The number of pyridine rings is 1. The third-order valence-electron chi connectivity index (χ3n) is 4.96. The van der Waals surface area contributed by atoms with Crippen molar-refractivity contribution < 1.29 is 23.1 Å². The molecule has 3 heterocycles. The summed E-state index contributed by atoms with van der Waals surface area (Å²) in [4.78, 5) is 20.3. The Kier molecular flexibility index (Phi) is 4.39. The normalized spacial score (nSPS) is 17.9. The molecule has 1 N–H and O–H groups in total. The zero-order valence-corrected chi connectivity index (χ0v) is 14.4. The molecule has 0 saturated carbocycles. The number of nitrogens with zero attached hydrogens (tertiary/aromatic N) is 3. The van der Waals surface area contributed by atoms with E-state index in [2.05, 4.69) is 4.98 Å². The molecule has 142 valence electrons. The predicted octanol–water partition coefficient (Wildman–Crippen LogP) is 2.33. The van der Waals surface area contributed by atoms with Crippen molar-refractivity contribution in [1.29, 1.82) is 0 Å². The van der Waals surface area contributed by atoms with Gasteiger partial charge < -0.3 is 10.0 Å². The minimum Gasteiger partial charge on any atom is -0.390 e. The van der Waals surface area contributed by atoms with Crippen LogP contribution in [0, 0.1) is 0 Å². The summed E-state index contributed by atoms with van der Waals surface area (Å²) in [5.41, 5.74) is 1.52. The van der Waals surface area contributed by atoms with Gasteiger partial charge in [-0.3, -0.25) is 14.7 Å². The van der Waals surface area contributed by atoms with Gasteiger partial charge in [-0.05, 0) is 23.8 Å². The van der Waals surface area contributed by atoms with E-state index < -0.39 is 11.7 Å². The lowest BCUT2D eigenvalue weighted by atomic mass is 10.0. The Bertz CT molecular complexity index is 879. The number of halogens is 3.